The summed E-state index contributed by atoms with van der Waals surface area (Å²) in [6.45, 7) is 7.02. The van der Waals surface area contributed by atoms with Crippen molar-refractivity contribution in [2.75, 3.05) is 14.7 Å². The first-order valence-corrected chi connectivity index (χ1v) is 23.4. The number of hydrogen-bond donors (Lipinski definition) is 0. The third kappa shape index (κ3) is 4.88. The average Bonchev–Trinajstić information content (AvgIpc) is 3.33. The molecule has 9 aromatic rings. The molecule has 0 bridgehead atoms. The van der Waals surface area contributed by atoms with Crippen LogP contribution in [0.1, 0.15) is 16.7 Å². The van der Waals surface area contributed by atoms with Gasteiger partial charge in [-0.1, -0.05) is 172 Å². The molecular formula is C57H40B3N3S. The highest BCUT2D eigenvalue weighted by atomic mass is 32.2. The van der Waals surface area contributed by atoms with Crippen LogP contribution in [-0.4, -0.2) is 20.1 Å². The van der Waals surface area contributed by atoms with Crippen LogP contribution in [0.15, 0.2) is 198 Å². The summed E-state index contributed by atoms with van der Waals surface area (Å²) < 4.78 is 0. The van der Waals surface area contributed by atoms with Gasteiger partial charge in [0, 0.05) is 61.0 Å². The van der Waals surface area contributed by atoms with E-state index in [1.165, 1.54) is 115 Å². The summed E-state index contributed by atoms with van der Waals surface area (Å²) in [5, 5.41) is 0. The van der Waals surface area contributed by atoms with Crippen molar-refractivity contribution in [2.24, 2.45) is 0 Å². The smallest absolute Gasteiger partial charge is 0.252 e. The standard InChI is InChI=1S/C57H40B3N3S/c1-35-30-36(2)54(37(3)31-35)60-43-25-13-17-29-52(43)64-53-34-49-44(32-45(53)60)59-42-24-12-16-28-48(42)63-47-27-15-11-23-41(47)58-40-22-10-14-26-46(40)61(38-18-6-4-7-19-38)50-33-51(56(59)57(63)55(50)58)62(49)39-20-8-5-9-21-39/h4-34H,1-3H3. The molecule has 0 unspecified atom stereocenters. The molecule has 0 spiro atoms. The lowest BCUT2D eigenvalue weighted by Gasteiger charge is -2.51. The van der Waals surface area contributed by atoms with Crippen molar-refractivity contribution in [3.8, 4) is 0 Å². The van der Waals surface area contributed by atoms with Gasteiger partial charge in [0.15, 0.2) is 0 Å². The van der Waals surface area contributed by atoms with E-state index in [-0.39, 0.29) is 20.1 Å². The Morgan fingerprint density at radius 2 is 0.781 bits per heavy atom. The molecule has 5 heterocycles. The molecule has 0 N–H and O–H groups in total. The van der Waals surface area contributed by atoms with Crippen LogP contribution in [0.3, 0.4) is 0 Å². The molecule has 64 heavy (non-hydrogen) atoms. The average molecular weight is 831 g/mol. The fourth-order valence-electron chi connectivity index (χ4n) is 12.4. The van der Waals surface area contributed by atoms with Crippen LogP contribution >= 0.6 is 11.8 Å². The summed E-state index contributed by atoms with van der Waals surface area (Å²) in [6.07, 6.45) is 0. The van der Waals surface area contributed by atoms with Gasteiger partial charge in [0.25, 0.3) is 13.4 Å². The number of hydrogen-bond acceptors (Lipinski definition) is 4. The van der Waals surface area contributed by atoms with Gasteiger partial charge in [0.05, 0.1) is 0 Å². The van der Waals surface area contributed by atoms with Crippen molar-refractivity contribution in [3.63, 3.8) is 0 Å². The lowest BCUT2D eigenvalue weighted by atomic mass is 9.28. The van der Waals surface area contributed by atoms with Crippen molar-refractivity contribution < 1.29 is 0 Å². The Morgan fingerprint density at radius 1 is 0.328 bits per heavy atom. The number of aryl methyl sites for hydroxylation is 3. The zero-order valence-electron chi connectivity index (χ0n) is 35.9. The van der Waals surface area contributed by atoms with E-state index in [0.29, 0.717) is 0 Å². The summed E-state index contributed by atoms with van der Waals surface area (Å²) >= 11 is 1.93. The summed E-state index contributed by atoms with van der Waals surface area (Å²) in [6, 6.07) is 71.3. The maximum absolute atomic E-state index is 2.64. The lowest BCUT2D eigenvalue weighted by molar-refractivity contribution is 1.22. The Morgan fingerprint density at radius 3 is 1.36 bits per heavy atom. The van der Waals surface area contributed by atoms with Gasteiger partial charge in [-0.05, 0) is 114 Å². The van der Waals surface area contributed by atoms with Gasteiger partial charge in [-0.3, -0.25) is 0 Å². The molecule has 0 amide bonds. The maximum Gasteiger partial charge on any atom is 0.252 e. The molecule has 0 atom stereocenters. The number of anilines is 9. The molecule has 298 valence electrons. The first-order chi connectivity index (χ1) is 31.5. The summed E-state index contributed by atoms with van der Waals surface area (Å²) in [5.74, 6) is 0. The number of rotatable bonds is 3. The van der Waals surface area contributed by atoms with Gasteiger partial charge in [-0.2, -0.15) is 0 Å². The molecule has 0 aliphatic carbocycles. The zero-order chi connectivity index (χ0) is 42.4. The van der Waals surface area contributed by atoms with Gasteiger partial charge in [0.1, 0.15) is 0 Å². The third-order valence-electron chi connectivity index (χ3n) is 14.6. The molecule has 0 saturated heterocycles. The topological polar surface area (TPSA) is 9.72 Å². The van der Waals surface area contributed by atoms with Crippen LogP contribution in [0.5, 0.6) is 0 Å². The molecular weight excluding hydrogens is 791 g/mol. The van der Waals surface area contributed by atoms with Crippen molar-refractivity contribution in [1.29, 1.82) is 0 Å². The Kier molecular flexibility index (Phi) is 7.66. The lowest BCUT2D eigenvalue weighted by Crippen LogP contribution is -2.69. The summed E-state index contributed by atoms with van der Waals surface area (Å²) in [7, 11) is 0. The van der Waals surface area contributed by atoms with Gasteiger partial charge >= 0.3 is 0 Å². The van der Waals surface area contributed by atoms with E-state index in [1.807, 2.05) is 11.8 Å². The predicted molar refractivity (Wildman–Crippen MR) is 276 cm³/mol. The number of benzene rings is 9. The highest BCUT2D eigenvalue weighted by molar-refractivity contribution is 8.00. The van der Waals surface area contributed by atoms with Gasteiger partial charge in [0.2, 0.25) is 6.71 Å². The van der Waals surface area contributed by atoms with Crippen molar-refractivity contribution in [2.45, 2.75) is 30.6 Å². The van der Waals surface area contributed by atoms with Gasteiger partial charge < -0.3 is 14.7 Å². The van der Waals surface area contributed by atoms with Crippen LogP contribution < -0.4 is 63.9 Å². The first kappa shape index (κ1) is 36.4. The molecule has 0 radical (unpaired) electrons. The third-order valence-corrected chi connectivity index (χ3v) is 15.8. The monoisotopic (exact) mass is 831 g/mol. The second-order valence-electron chi connectivity index (χ2n) is 18.1. The van der Waals surface area contributed by atoms with Crippen molar-refractivity contribution in [1.82, 2.24) is 0 Å². The second-order valence-corrected chi connectivity index (χ2v) is 19.2. The van der Waals surface area contributed by atoms with Crippen LogP contribution in [0.25, 0.3) is 0 Å². The molecule has 14 rings (SSSR count). The van der Waals surface area contributed by atoms with Crippen molar-refractivity contribution in [3.05, 3.63) is 205 Å². The van der Waals surface area contributed by atoms with Crippen LogP contribution in [-0.2, 0) is 0 Å². The normalized spacial score (nSPS) is 14.2. The van der Waals surface area contributed by atoms with E-state index in [9.17, 15) is 0 Å². The van der Waals surface area contributed by atoms with Crippen LogP contribution in [0, 0.1) is 20.8 Å². The first-order valence-electron chi connectivity index (χ1n) is 22.5. The minimum absolute atomic E-state index is 0.000646. The second kappa shape index (κ2) is 13.5. The molecule has 5 aliphatic rings. The molecule has 5 aliphatic heterocycles. The molecule has 0 fully saturated rings. The Bertz CT molecular complexity index is 3430. The van der Waals surface area contributed by atoms with E-state index in [1.54, 1.807) is 0 Å². The van der Waals surface area contributed by atoms with Gasteiger partial charge in [-0.25, -0.2) is 0 Å². The zero-order valence-corrected chi connectivity index (χ0v) is 36.7. The van der Waals surface area contributed by atoms with E-state index in [0.717, 1.165) is 11.4 Å². The van der Waals surface area contributed by atoms with Crippen LogP contribution in [0.4, 0.5) is 51.2 Å². The fourth-order valence-corrected chi connectivity index (χ4v) is 13.5. The maximum atomic E-state index is 2.64. The van der Waals surface area contributed by atoms with E-state index in [4.69, 9.17) is 0 Å². The van der Waals surface area contributed by atoms with Crippen molar-refractivity contribution >= 4 is 132 Å². The minimum atomic E-state index is -0.000646. The summed E-state index contributed by atoms with van der Waals surface area (Å²) in [4.78, 5) is 10.4. The number of para-hydroxylation sites is 5. The van der Waals surface area contributed by atoms with Crippen LogP contribution in [0.2, 0.25) is 0 Å². The molecule has 9 aromatic carbocycles. The molecule has 0 saturated carbocycles. The minimum Gasteiger partial charge on any atom is -0.312 e. The van der Waals surface area contributed by atoms with E-state index in [2.05, 4.69) is 224 Å². The largest absolute Gasteiger partial charge is 0.312 e. The quantitative estimate of drug-likeness (QED) is 0.166. The number of fused-ring (bicyclic) bond motifs is 12. The molecule has 3 nitrogen and oxygen atoms in total. The summed E-state index contributed by atoms with van der Waals surface area (Å²) in [5.41, 5.74) is 27.5. The predicted octanol–water partition coefficient (Wildman–Crippen LogP) is 8.29. The Labute approximate surface area is 380 Å². The SMILES string of the molecule is Cc1cc(C)c(B2c3ccccc3Sc3cc4c(cc32)B2c3ccccc3N3c5ccccc5B5c6ccccc6N(c6ccccc6)c6cc(c2c3c65)N4c2ccccc2)c(C)c1. The molecule has 7 heteroatoms. The molecule has 0 aromatic heterocycles. The Hall–Kier alpha value is -7.08. The van der Waals surface area contributed by atoms with E-state index < -0.39 is 0 Å². The highest BCUT2D eigenvalue weighted by Crippen LogP contribution is 2.50. The Balaban J connectivity index is 1.13. The number of nitrogens with zero attached hydrogens (tertiary/aromatic N) is 3. The van der Waals surface area contributed by atoms with E-state index >= 15 is 0 Å². The van der Waals surface area contributed by atoms with Gasteiger partial charge in [-0.15, -0.1) is 0 Å². The fraction of sp³-hybridized carbons (Fsp3) is 0.0526. The highest BCUT2D eigenvalue weighted by Gasteiger charge is 2.52.